The minimum atomic E-state index is -0.905. The summed E-state index contributed by atoms with van der Waals surface area (Å²) in [4.78, 5) is 24.8. The van der Waals surface area contributed by atoms with E-state index in [0.717, 1.165) is 5.56 Å². The van der Waals surface area contributed by atoms with Crippen molar-refractivity contribution in [3.63, 3.8) is 0 Å². The Labute approximate surface area is 183 Å². The van der Waals surface area contributed by atoms with Gasteiger partial charge in [-0.2, -0.15) is 0 Å². The second-order valence-corrected chi connectivity index (χ2v) is 8.06. The van der Waals surface area contributed by atoms with Crippen molar-refractivity contribution in [3.05, 3.63) is 59.2 Å². The maximum absolute atomic E-state index is 12.6. The number of benzene rings is 2. The number of methoxy groups -OCH3 is 3. The molecule has 0 saturated carbocycles. The molecule has 0 aliphatic rings. The second-order valence-electron chi connectivity index (χ2n) is 8.06. The van der Waals surface area contributed by atoms with Crippen molar-refractivity contribution in [1.82, 2.24) is 0 Å². The molecule has 6 heteroatoms. The van der Waals surface area contributed by atoms with E-state index >= 15 is 0 Å². The first-order valence-electron chi connectivity index (χ1n) is 9.94. The lowest BCUT2D eigenvalue weighted by atomic mass is 9.86. The Bertz CT molecular complexity index is 926. The van der Waals surface area contributed by atoms with Crippen LogP contribution in [0.15, 0.2) is 42.5 Å². The van der Waals surface area contributed by atoms with Crippen LogP contribution in [-0.4, -0.2) is 39.2 Å². The molecule has 31 heavy (non-hydrogen) atoms. The molecule has 166 valence electrons. The smallest absolute Gasteiger partial charge is 0.331 e. The Balaban J connectivity index is 2.08. The minimum Gasteiger partial charge on any atom is -0.493 e. The number of hydrogen-bond donors (Lipinski definition) is 0. The Hall–Kier alpha value is -3.28. The summed E-state index contributed by atoms with van der Waals surface area (Å²) in [6.45, 7) is 7.88. The third kappa shape index (κ3) is 6.10. The average Bonchev–Trinajstić information content (AvgIpc) is 2.75. The van der Waals surface area contributed by atoms with Gasteiger partial charge in [-0.05, 0) is 41.7 Å². The maximum atomic E-state index is 12.6. The molecular formula is C25H30O6. The molecule has 0 saturated heterocycles. The molecule has 0 aliphatic heterocycles. The van der Waals surface area contributed by atoms with Crippen LogP contribution >= 0.6 is 0 Å². The number of ketones is 1. The van der Waals surface area contributed by atoms with Gasteiger partial charge in [0.05, 0.1) is 21.3 Å². The molecule has 0 bridgehead atoms. The summed E-state index contributed by atoms with van der Waals surface area (Å²) in [6.07, 6.45) is 1.91. The van der Waals surface area contributed by atoms with Crippen LogP contribution in [-0.2, 0) is 14.9 Å². The van der Waals surface area contributed by atoms with Crippen LogP contribution in [0.2, 0.25) is 0 Å². The molecule has 0 fully saturated rings. The average molecular weight is 427 g/mol. The molecule has 2 aromatic rings. The molecule has 0 amide bonds. The molecule has 0 unspecified atom stereocenters. The number of rotatable bonds is 8. The summed E-state index contributed by atoms with van der Waals surface area (Å²) in [5.74, 6) is 0.520. The Morgan fingerprint density at radius 2 is 1.45 bits per heavy atom. The summed E-state index contributed by atoms with van der Waals surface area (Å²) in [6, 6.07) is 10.8. The van der Waals surface area contributed by atoms with Gasteiger partial charge in [0.1, 0.15) is 0 Å². The fourth-order valence-corrected chi connectivity index (χ4v) is 3.00. The SMILES string of the molecule is COc1cc(/C=C/C(=O)O[C@H](C)C(=O)c2ccc(C(C)(C)C)cc2)cc(OC)c1OC. The van der Waals surface area contributed by atoms with E-state index in [1.54, 1.807) is 37.3 Å². The number of carbonyl (C=O) groups excluding carboxylic acids is 2. The van der Waals surface area contributed by atoms with E-state index in [1.165, 1.54) is 27.4 Å². The molecule has 0 aliphatic carbocycles. The molecule has 0 spiro atoms. The van der Waals surface area contributed by atoms with Crippen LogP contribution in [0.1, 0.15) is 49.2 Å². The lowest BCUT2D eigenvalue weighted by Crippen LogP contribution is -2.23. The van der Waals surface area contributed by atoms with E-state index in [1.807, 2.05) is 12.1 Å². The number of Topliss-reactive ketones (excluding diaryl/α,β-unsaturated/α-hetero) is 1. The van der Waals surface area contributed by atoms with Gasteiger partial charge in [-0.3, -0.25) is 4.79 Å². The van der Waals surface area contributed by atoms with Crippen LogP contribution in [0.3, 0.4) is 0 Å². The highest BCUT2D eigenvalue weighted by Crippen LogP contribution is 2.38. The van der Waals surface area contributed by atoms with Crippen molar-refractivity contribution >= 4 is 17.8 Å². The van der Waals surface area contributed by atoms with Gasteiger partial charge in [-0.1, -0.05) is 45.0 Å². The van der Waals surface area contributed by atoms with Crippen molar-refractivity contribution in [2.24, 2.45) is 0 Å². The quantitative estimate of drug-likeness (QED) is 0.342. The number of hydrogen-bond acceptors (Lipinski definition) is 6. The van der Waals surface area contributed by atoms with Gasteiger partial charge in [0.2, 0.25) is 11.5 Å². The van der Waals surface area contributed by atoms with Crippen LogP contribution in [0, 0.1) is 0 Å². The van der Waals surface area contributed by atoms with Crippen molar-refractivity contribution in [2.75, 3.05) is 21.3 Å². The molecule has 2 rings (SSSR count). The summed E-state index contributed by atoms with van der Waals surface area (Å²) < 4.78 is 21.2. The fraction of sp³-hybridized carbons (Fsp3) is 0.360. The number of esters is 1. The molecule has 2 aromatic carbocycles. The number of carbonyl (C=O) groups is 2. The maximum Gasteiger partial charge on any atom is 0.331 e. The van der Waals surface area contributed by atoms with Crippen LogP contribution in [0.25, 0.3) is 6.08 Å². The van der Waals surface area contributed by atoms with Gasteiger partial charge in [-0.15, -0.1) is 0 Å². The van der Waals surface area contributed by atoms with Crippen molar-refractivity contribution < 1.29 is 28.5 Å². The number of ether oxygens (including phenoxy) is 4. The molecule has 0 aromatic heterocycles. The zero-order chi connectivity index (χ0) is 23.2. The predicted molar refractivity (Wildman–Crippen MR) is 120 cm³/mol. The van der Waals surface area contributed by atoms with E-state index in [0.29, 0.717) is 28.4 Å². The van der Waals surface area contributed by atoms with Gasteiger partial charge < -0.3 is 18.9 Å². The van der Waals surface area contributed by atoms with Gasteiger partial charge >= 0.3 is 5.97 Å². The predicted octanol–water partition coefficient (Wildman–Crippen LogP) is 4.84. The zero-order valence-corrected chi connectivity index (χ0v) is 19.1. The van der Waals surface area contributed by atoms with Gasteiger partial charge in [0, 0.05) is 11.6 Å². The summed E-state index contributed by atoms with van der Waals surface area (Å²) >= 11 is 0. The van der Waals surface area contributed by atoms with E-state index in [4.69, 9.17) is 18.9 Å². The minimum absolute atomic E-state index is 0.00271. The standard InChI is InChI=1S/C25H30O6/c1-16(23(27)18-9-11-19(12-10-18)25(2,3)4)31-22(26)13-8-17-14-20(28-5)24(30-7)21(15-17)29-6/h8-16H,1-7H3/b13-8+/t16-/m1/s1. The van der Waals surface area contributed by atoms with Gasteiger partial charge in [-0.25, -0.2) is 4.79 Å². The summed E-state index contributed by atoms with van der Waals surface area (Å²) in [7, 11) is 4.54. The van der Waals surface area contributed by atoms with Gasteiger partial charge in [0.25, 0.3) is 0 Å². The summed E-state index contributed by atoms with van der Waals surface area (Å²) in [5.41, 5.74) is 2.28. The van der Waals surface area contributed by atoms with Crippen LogP contribution < -0.4 is 14.2 Å². The third-order valence-corrected chi connectivity index (χ3v) is 4.80. The van der Waals surface area contributed by atoms with E-state index in [-0.39, 0.29) is 11.2 Å². The molecule has 0 radical (unpaired) electrons. The van der Waals surface area contributed by atoms with Crippen LogP contribution in [0.4, 0.5) is 0 Å². The highest BCUT2D eigenvalue weighted by atomic mass is 16.5. The molecule has 0 N–H and O–H groups in total. The first kappa shape index (κ1) is 24.0. The monoisotopic (exact) mass is 426 g/mol. The topological polar surface area (TPSA) is 71.1 Å². The largest absolute Gasteiger partial charge is 0.493 e. The highest BCUT2D eigenvalue weighted by Gasteiger charge is 2.20. The van der Waals surface area contributed by atoms with E-state index in [2.05, 4.69) is 20.8 Å². The zero-order valence-electron chi connectivity index (χ0n) is 19.1. The Kier molecular flexibility index (Phi) is 7.86. The molecular weight excluding hydrogens is 396 g/mol. The first-order valence-corrected chi connectivity index (χ1v) is 9.94. The molecule has 6 nitrogen and oxygen atoms in total. The summed E-state index contributed by atoms with van der Waals surface area (Å²) in [5, 5.41) is 0. The molecule has 1 atom stereocenters. The first-order chi connectivity index (χ1) is 14.6. The lowest BCUT2D eigenvalue weighted by Gasteiger charge is -2.19. The normalized spacial score (nSPS) is 12.4. The van der Waals surface area contributed by atoms with Gasteiger partial charge in [0.15, 0.2) is 17.6 Å². The fourth-order valence-electron chi connectivity index (χ4n) is 3.00. The second kappa shape index (κ2) is 10.2. The third-order valence-electron chi connectivity index (χ3n) is 4.80. The van der Waals surface area contributed by atoms with Crippen molar-refractivity contribution in [2.45, 2.75) is 39.2 Å². The van der Waals surface area contributed by atoms with Crippen LogP contribution in [0.5, 0.6) is 17.2 Å². The van der Waals surface area contributed by atoms with E-state index in [9.17, 15) is 9.59 Å². The highest BCUT2D eigenvalue weighted by molar-refractivity contribution is 6.01. The van der Waals surface area contributed by atoms with Crippen molar-refractivity contribution in [3.8, 4) is 17.2 Å². The van der Waals surface area contributed by atoms with E-state index < -0.39 is 12.1 Å². The molecule has 0 heterocycles. The van der Waals surface area contributed by atoms with Crippen molar-refractivity contribution in [1.29, 1.82) is 0 Å². The Morgan fingerprint density at radius 1 is 0.903 bits per heavy atom. The Morgan fingerprint density at radius 3 is 1.90 bits per heavy atom. The lowest BCUT2D eigenvalue weighted by molar-refractivity contribution is -0.140.